The van der Waals surface area contributed by atoms with Gasteiger partial charge in [0.1, 0.15) is 23.1 Å². The third-order valence-corrected chi connectivity index (χ3v) is 4.20. The molecule has 0 aliphatic heterocycles. The van der Waals surface area contributed by atoms with E-state index in [4.69, 9.17) is 16.9 Å². The number of sulfonamides is 1. The van der Waals surface area contributed by atoms with Gasteiger partial charge in [0.2, 0.25) is 15.3 Å². The molecule has 2 aromatic heterocycles. The lowest BCUT2D eigenvalue weighted by Gasteiger charge is -2.18. The SMILES string of the molecule is CN(c1nccnc1CNc1nc(Cl)ncc1C#N)S(C)(=O)=O. The van der Waals surface area contributed by atoms with E-state index >= 15 is 0 Å². The molecule has 9 nitrogen and oxygen atoms in total. The van der Waals surface area contributed by atoms with Crippen molar-refractivity contribution in [1.29, 1.82) is 5.26 Å². The summed E-state index contributed by atoms with van der Waals surface area (Å²) in [5.74, 6) is 0.410. The van der Waals surface area contributed by atoms with Crippen molar-refractivity contribution in [2.24, 2.45) is 0 Å². The molecular formula is C12H12ClN7O2S. The fourth-order valence-electron chi connectivity index (χ4n) is 1.65. The largest absolute Gasteiger partial charge is 0.363 e. The summed E-state index contributed by atoms with van der Waals surface area (Å²) in [6.07, 6.45) is 5.19. The van der Waals surface area contributed by atoms with Crippen molar-refractivity contribution < 1.29 is 8.42 Å². The minimum Gasteiger partial charge on any atom is -0.363 e. The molecule has 0 fully saturated rings. The average molecular weight is 354 g/mol. The van der Waals surface area contributed by atoms with Gasteiger partial charge in [-0.2, -0.15) is 10.2 Å². The van der Waals surface area contributed by atoms with Crippen molar-refractivity contribution in [2.45, 2.75) is 6.54 Å². The van der Waals surface area contributed by atoms with Crippen LogP contribution in [0.5, 0.6) is 0 Å². The van der Waals surface area contributed by atoms with Crippen LogP contribution < -0.4 is 9.62 Å². The van der Waals surface area contributed by atoms with Crippen LogP contribution in [0, 0.1) is 11.3 Å². The minimum atomic E-state index is -3.48. The van der Waals surface area contributed by atoms with Gasteiger partial charge in [-0.15, -0.1) is 0 Å². The van der Waals surface area contributed by atoms with Crippen LogP contribution in [-0.4, -0.2) is 41.7 Å². The Morgan fingerprint density at radius 3 is 2.70 bits per heavy atom. The molecule has 0 aromatic carbocycles. The smallest absolute Gasteiger partial charge is 0.233 e. The van der Waals surface area contributed by atoms with Gasteiger partial charge in [-0.25, -0.2) is 18.4 Å². The molecule has 0 bridgehead atoms. The van der Waals surface area contributed by atoms with Gasteiger partial charge in [-0.3, -0.25) is 9.29 Å². The summed E-state index contributed by atoms with van der Waals surface area (Å²) in [5.41, 5.74) is 0.579. The average Bonchev–Trinajstić information content (AvgIpc) is 2.51. The molecule has 0 amide bonds. The zero-order valence-electron chi connectivity index (χ0n) is 12.2. The predicted octanol–water partition coefficient (Wildman–Crippen LogP) is 0.800. The maximum absolute atomic E-state index is 11.7. The first-order chi connectivity index (χ1) is 10.8. The first-order valence-electron chi connectivity index (χ1n) is 6.23. The van der Waals surface area contributed by atoms with E-state index in [0.29, 0.717) is 5.69 Å². The Morgan fingerprint density at radius 2 is 2.04 bits per heavy atom. The molecule has 2 aromatic rings. The molecule has 1 N–H and O–H groups in total. The second-order valence-corrected chi connectivity index (χ2v) is 6.78. The van der Waals surface area contributed by atoms with E-state index in [1.54, 1.807) is 0 Å². The zero-order chi connectivity index (χ0) is 17.0. The normalized spacial score (nSPS) is 10.9. The highest BCUT2D eigenvalue weighted by Gasteiger charge is 2.18. The third-order valence-electron chi connectivity index (χ3n) is 2.85. The van der Waals surface area contributed by atoms with Gasteiger partial charge in [-0.1, -0.05) is 0 Å². The van der Waals surface area contributed by atoms with Crippen LogP contribution in [0.15, 0.2) is 18.6 Å². The van der Waals surface area contributed by atoms with Crippen molar-refractivity contribution in [3.05, 3.63) is 35.1 Å². The Morgan fingerprint density at radius 1 is 1.35 bits per heavy atom. The van der Waals surface area contributed by atoms with E-state index in [2.05, 4.69) is 25.3 Å². The van der Waals surface area contributed by atoms with E-state index in [1.165, 1.54) is 25.6 Å². The van der Waals surface area contributed by atoms with E-state index in [0.717, 1.165) is 10.6 Å². The van der Waals surface area contributed by atoms with Gasteiger partial charge in [0.15, 0.2) is 5.82 Å². The Labute approximate surface area is 138 Å². The van der Waals surface area contributed by atoms with Crippen molar-refractivity contribution in [3.8, 4) is 6.07 Å². The first-order valence-corrected chi connectivity index (χ1v) is 8.46. The fraction of sp³-hybridized carbons (Fsp3) is 0.250. The number of nitriles is 1. The summed E-state index contributed by atoms with van der Waals surface area (Å²) in [4.78, 5) is 15.8. The summed E-state index contributed by atoms with van der Waals surface area (Å²) < 4.78 is 24.3. The van der Waals surface area contributed by atoms with Crippen molar-refractivity contribution in [2.75, 3.05) is 22.9 Å². The van der Waals surface area contributed by atoms with Gasteiger partial charge in [-0.05, 0) is 11.6 Å². The summed E-state index contributed by atoms with van der Waals surface area (Å²) in [6, 6.07) is 1.93. The van der Waals surface area contributed by atoms with Crippen molar-refractivity contribution in [3.63, 3.8) is 0 Å². The van der Waals surface area contributed by atoms with Gasteiger partial charge in [0.05, 0.1) is 19.0 Å². The monoisotopic (exact) mass is 353 g/mol. The highest BCUT2D eigenvalue weighted by atomic mass is 35.5. The van der Waals surface area contributed by atoms with Crippen LogP contribution in [0.3, 0.4) is 0 Å². The number of hydrogen-bond donors (Lipinski definition) is 1. The highest BCUT2D eigenvalue weighted by Crippen LogP contribution is 2.19. The summed E-state index contributed by atoms with van der Waals surface area (Å²) in [5, 5.41) is 11.9. The Bertz CT molecular complexity index is 866. The molecule has 0 aliphatic carbocycles. The molecule has 0 spiro atoms. The molecule has 0 atom stereocenters. The highest BCUT2D eigenvalue weighted by molar-refractivity contribution is 7.92. The van der Waals surface area contributed by atoms with Crippen molar-refractivity contribution >= 4 is 33.3 Å². The Kier molecular flexibility index (Phi) is 4.92. The molecule has 2 heterocycles. The predicted molar refractivity (Wildman–Crippen MR) is 84.4 cm³/mol. The molecule has 2 rings (SSSR count). The van der Waals surface area contributed by atoms with Gasteiger partial charge < -0.3 is 5.32 Å². The minimum absolute atomic E-state index is 0.0147. The molecular weight excluding hydrogens is 342 g/mol. The lowest BCUT2D eigenvalue weighted by molar-refractivity contribution is 0.599. The molecule has 0 saturated heterocycles. The molecule has 0 saturated carbocycles. The van der Waals surface area contributed by atoms with Crippen molar-refractivity contribution in [1.82, 2.24) is 19.9 Å². The van der Waals surface area contributed by atoms with Gasteiger partial charge in [0.25, 0.3) is 0 Å². The molecule has 23 heavy (non-hydrogen) atoms. The molecule has 11 heteroatoms. The van der Waals surface area contributed by atoms with Gasteiger partial charge in [0, 0.05) is 19.4 Å². The third kappa shape index (κ3) is 4.02. The number of nitrogens with zero attached hydrogens (tertiary/aromatic N) is 6. The second kappa shape index (κ2) is 6.72. The molecule has 0 unspecified atom stereocenters. The summed E-state index contributed by atoms with van der Waals surface area (Å²) >= 11 is 5.71. The van der Waals surface area contributed by atoms with Crippen LogP contribution >= 0.6 is 11.6 Å². The Balaban J connectivity index is 2.29. The van der Waals surface area contributed by atoms with E-state index in [1.807, 2.05) is 6.07 Å². The summed E-state index contributed by atoms with van der Waals surface area (Å²) in [7, 11) is -2.10. The zero-order valence-corrected chi connectivity index (χ0v) is 13.8. The van der Waals surface area contributed by atoms with Crippen LogP contribution in [0.2, 0.25) is 5.28 Å². The van der Waals surface area contributed by atoms with Crippen LogP contribution in [0.4, 0.5) is 11.6 Å². The molecule has 0 aliphatic rings. The van der Waals surface area contributed by atoms with E-state index in [-0.39, 0.29) is 29.0 Å². The number of rotatable bonds is 5. The number of hydrogen-bond acceptors (Lipinski definition) is 8. The number of anilines is 2. The number of aromatic nitrogens is 4. The molecule has 120 valence electrons. The lowest BCUT2D eigenvalue weighted by atomic mass is 10.3. The Hall–Kier alpha value is -2.51. The standard InChI is InChI=1S/C12H12ClN7O2S/c1-20(23(2,21)22)11-9(15-3-4-16-11)7-17-10-8(5-14)6-18-12(13)19-10/h3-4,6H,7H2,1-2H3,(H,17,18,19). The van der Waals surface area contributed by atoms with Crippen LogP contribution in [-0.2, 0) is 16.6 Å². The lowest BCUT2D eigenvalue weighted by Crippen LogP contribution is -2.27. The van der Waals surface area contributed by atoms with E-state index < -0.39 is 10.0 Å². The number of halogens is 1. The van der Waals surface area contributed by atoms with Crippen LogP contribution in [0.1, 0.15) is 11.3 Å². The summed E-state index contributed by atoms with van der Waals surface area (Å²) in [6.45, 7) is 0.102. The maximum atomic E-state index is 11.7. The van der Waals surface area contributed by atoms with Crippen LogP contribution in [0.25, 0.3) is 0 Å². The first kappa shape index (κ1) is 16.9. The number of nitrogens with one attached hydrogen (secondary N) is 1. The molecule has 0 radical (unpaired) electrons. The maximum Gasteiger partial charge on any atom is 0.233 e. The quantitative estimate of drug-likeness (QED) is 0.782. The van der Waals surface area contributed by atoms with Gasteiger partial charge >= 0.3 is 0 Å². The second-order valence-electron chi connectivity index (χ2n) is 4.42. The fourth-order valence-corrected chi connectivity index (χ4v) is 2.25. The van der Waals surface area contributed by atoms with E-state index in [9.17, 15) is 8.42 Å². The topological polar surface area (TPSA) is 125 Å².